The van der Waals surface area contributed by atoms with Crippen molar-refractivity contribution in [3.8, 4) is 0 Å². The topological polar surface area (TPSA) is 15.3 Å². The third-order valence-electron chi connectivity index (χ3n) is 2.13. The van der Waals surface area contributed by atoms with Crippen LogP contribution in [0.3, 0.4) is 0 Å². The fraction of sp³-hybridized carbons (Fsp3) is 1.00. The quantitative estimate of drug-likeness (QED) is 0.652. The molecule has 1 unspecified atom stereocenters. The SMILES string of the molecule is CC.CCN1CCC(NC)C1. The van der Waals surface area contributed by atoms with Crippen molar-refractivity contribution in [3.63, 3.8) is 0 Å². The maximum absolute atomic E-state index is 3.29. The summed E-state index contributed by atoms with van der Waals surface area (Å²) in [5, 5.41) is 3.29. The Bertz CT molecular complexity index is 73.6. The van der Waals surface area contributed by atoms with Crippen LogP contribution in [0.15, 0.2) is 0 Å². The summed E-state index contributed by atoms with van der Waals surface area (Å²) in [4.78, 5) is 2.47. The van der Waals surface area contributed by atoms with E-state index in [1.54, 1.807) is 0 Å². The van der Waals surface area contributed by atoms with Gasteiger partial charge >= 0.3 is 0 Å². The van der Waals surface area contributed by atoms with Crippen LogP contribution in [0.5, 0.6) is 0 Å². The summed E-state index contributed by atoms with van der Waals surface area (Å²) in [5.74, 6) is 0. The van der Waals surface area contributed by atoms with Crippen LogP contribution in [0.4, 0.5) is 0 Å². The smallest absolute Gasteiger partial charge is 0.0204 e. The molecule has 1 heterocycles. The first-order valence-corrected chi connectivity index (χ1v) is 4.76. The van der Waals surface area contributed by atoms with Gasteiger partial charge < -0.3 is 10.2 Å². The Balaban J connectivity index is 0.000000461. The molecule has 1 saturated heterocycles. The highest BCUT2D eigenvalue weighted by Crippen LogP contribution is 2.06. The monoisotopic (exact) mass is 158 g/mol. The van der Waals surface area contributed by atoms with Gasteiger partial charge in [0.15, 0.2) is 0 Å². The molecule has 0 aromatic heterocycles. The molecular weight excluding hydrogens is 136 g/mol. The number of hydrogen-bond acceptors (Lipinski definition) is 2. The second-order valence-electron chi connectivity index (χ2n) is 2.67. The van der Waals surface area contributed by atoms with Crippen molar-refractivity contribution in [3.05, 3.63) is 0 Å². The fourth-order valence-electron chi connectivity index (χ4n) is 1.36. The molecule has 1 aliphatic heterocycles. The molecule has 0 bridgehead atoms. The summed E-state index contributed by atoms with van der Waals surface area (Å²) in [7, 11) is 2.05. The van der Waals surface area contributed by atoms with Crippen molar-refractivity contribution in [2.24, 2.45) is 0 Å². The second kappa shape index (κ2) is 6.62. The van der Waals surface area contributed by atoms with Gasteiger partial charge in [-0.1, -0.05) is 20.8 Å². The minimum absolute atomic E-state index is 0.755. The van der Waals surface area contributed by atoms with Gasteiger partial charge in [-0.15, -0.1) is 0 Å². The average molecular weight is 158 g/mol. The summed E-state index contributed by atoms with van der Waals surface area (Å²) in [6, 6.07) is 0.755. The first-order valence-electron chi connectivity index (χ1n) is 4.76. The third kappa shape index (κ3) is 3.73. The van der Waals surface area contributed by atoms with Crippen LogP contribution in [-0.2, 0) is 0 Å². The van der Waals surface area contributed by atoms with Gasteiger partial charge in [0.25, 0.3) is 0 Å². The lowest BCUT2D eigenvalue weighted by Crippen LogP contribution is -2.29. The molecule has 2 heteroatoms. The van der Waals surface area contributed by atoms with Crippen LogP contribution >= 0.6 is 0 Å². The molecule has 0 aromatic rings. The number of likely N-dealkylation sites (tertiary alicyclic amines) is 1. The largest absolute Gasteiger partial charge is 0.316 e. The van der Waals surface area contributed by atoms with E-state index in [1.165, 1.54) is 26.1 Å². The molecule has 1 N–H and O–H groups in total. The number of likely N-dealkylation sites (N-methyl/N-ethyl adjacent to an activating group) is 2. The van der Waals surface area contributed by atoms with Crippen molar-refractivity contribution in [1.82, 2.24) is 10.2 Å². The molecule has 2 nitrogen and oxygen atoms in total. The van der Waals surface area contributed by atoms with Crippen LogP contribution < -0.4 is 5.32 Å². The number of nitrogens with one attached hydrogen (secondary N) is 1. The zero-order chi connectivity index (χ0) is 8.69. The summed E-state index contributed by atoms with van der Waals surface area (Å²) in [5.41, 5.74) is 0. The minimum Gasteiger partial charge on any atom is -0.316 e. The van der Waals surface area contributed by atoms with E-state index in [9.17, 15) is 0 Å². The molecule has 0 aromatic carbocycles. The van der Waals surface area contributed by atoms with Gasteiger partial charge in [-0.2, -0.15) is 0 Å². The van der Waals surface area contributed by atoms with Crippen LogP contribution in [-0.4, -0.2) is 37.6 Å². The Morgan fingerprint density at radius 2 is 2.09 bits per heavy atom. The lowest BCUT2D eigenvalue weighted by atomic mass is 10.3. The van der Waals surface area contributed by atoms with Crippen molar-refractivity contribution in [2.75, 3.05) is 26.7 Å². The highest BCUT2D eigenvalue weighted by molar-refractivity contribution is 4.78. The Hall–Kier alpha value is -0.0800. The fourth-order valence-corrected chi connectivity index (χ4v) is 1.36. The summed E-state index contributed by atoms with van der Waals surface area (Å²) >= 11 is 0. The van der Waals surface area contributed by atoms with E-state index >= 15 is 0 Å². The molecule has 0 amide bonds. The molecule has 1 atom stereocenters. The molecule has 0 saturated carbocycles. The first kappa shape index (κ1) is 10.9. The molecule has 0 radical (unpaired) electrons. The molecule has 0 spiro atoms. The molecule has 1 rings (SSSR count). The Kier molecular flexibility index (Phi) is 6.57. The van der Waals surface area contributed by atoms with Gasteiger partial charge in [0.1, 0.15) is 0 Å². The van der Waals surface area contributed by atoms with Crippen LogP contribution in [0.25, 0.3) is 0 Å². The number of hydrogen-bond donors (Lipinski definition) is 1. The summed E-state index contributed by atoms with van der Waals surface area (Å²) in [6.07, 6.45) is 1.32. The van der Waals surface area contributed by atoms with Gasteiger partial charge in [-0.25, -0.2) is 0 Å². The van der Waals surface area contributed by atoms with Crippen molar-refractivity contribution >= 4 is 0 Å². The zero-order valence-corrected chi connectivity index (χ0v) is 8.35. The first-order chi connectivity index (χ1) is 5.36. The number of nitrogens with zero attached hydrogens (tertiary/aromatic N) is 1. The molecule has 11 heavy (non-hydrogen) atoms. The zero-order valence-electron chi connectivity index (χ0n) is 8.35. The van der Waals surface area contributed by atoms with Gasteiger partial charge in [-0.05, 0) is 26.6 Å². The predicted molar refractivity (Wildman–Crippen MR) is 50.9 cm³/mol. The van der Waals surface area contributed by atoms with E-state index in [-0.39, 0.29) is 0 Å². The van der Waals surface area contributed by atoms with Gasteiger partial charge in [0.05, 0.1) is 0 Å². The molecule has 1 fully saturated rings. The molecular formula is C9H22N2. The average Bonchev–Trinajstić information content (AvgIpc) is 2.55. The van der Waals surface area contributed by atoms with Crippen LogP contribution in [0.1, 0.15) is 27.2 Å². The maximum Gasteiger partial charge on any atom is 0.0204 e. The number of rotatable bonds is 2. The van der Waals surface area contributed by atoms with Crippen LogP contribution in [0, 0.1) is 0 Å². The molecule has 1 aliphatic rings. The van der Waals surface area contributed by atoms with Crippen molar-refractivity contribution < 1.29 is 0 Å². The normalized spacial score (nSPS) is 24.5. The van der Waals surface area contributed by atoms with Crippen LogP contribution in [0.2, 0.25) is 0 Å². The highest BCUT2D eigenvalue weighted by Gasteiger charge is 2.18. The third-order valence-corrected chi connectivity index (χ3v) is 2.13. The Labute approximate surface area is 71.0 Å². The minimum atomic E-state index is 0.755. The van der Waals surface area contributed by atoms with E-state index in [0.717, 1.165) is 6.04 Å². The predicted octanol–water partition coefficient (Wildman–Crippen LogP) is 1.33. The second-order valence-corrected chi connectivity index (χ2v) is 2.67. The van der Waals surface area contributed by atoms with Gasteiger partial charge in [0, 0.05) is 12.6 Å². The van der Waals surface area contributed by atoms with Gasteiger partial charge in [-0.3, -0.25) is 0 Å². The Morgan fingerprint density at radius 1 is 1.45 bits per heavy atom. The van der Waals surface area contributed by atoms with Crippen molar-refractivity contribution in [1.29, 1.82) is 0 Å². The Morgan fingerprint density at radius 3 is 2.36 bits per heavy atom. The molecule has 68 valence electrons. The van der Waals surface area contributed by atoms with Gasteiger partial charge in [0.2, 0.25) is 0 Å². The van der Waals surface area contributed by atoms with E-state index in [0.29, 0.717) is 0 Å². The summed E-state index contributed by atoms with van der Waals surface area (Å²) in [6.45, 7) is 9.95. The van der Waals surface area contributed by atoms with E-state index in [2.05, 4.69) is 17.1 Å². The van der Waals surface area contributed by atoms with Crippen molar-refractivity contribution in [2.45, 2.75) is 33.2 Å². The highest BCUT2D eigenvalue weighted by atomic mass is 15.2. The maximum atomic E-state index is 3.29. The van der Waals surface area contributed by atoms with E-state index in [1.807, 2.05) is 20.9 Å². The summed E-state index contributed by atoms with van der Waals surface area (Å²) < 4.78 is 0. The molecule has 0 aliphatic carbocycles. The van der Waals surface area contributed by atoms with E-state index < -0.39 is 0 Å². The van der Waals surface area contributed by atoms with E-state index in [4.69, 9.17) is 0 Å². The lowest BCUT2D eigenvalue weighted by Gasteiger charge is -2.11. The standard InChI is InChI=1S/C7H16N2.C2H6/c1-3-9-5-4-7(6-9)8-2;1-2/h7-8H,3-6H2,1-2H3;1-2H3. The lowest BCUT2D eigenvalue weighted by molar-refractivity contribution is 0.348.